The highest BCUT2D eigenvalue weighted by molar-refractivity contribution is 5.39. The minimum atomic E-state index is 0.414. The Bertz CT molecular complexity index is 495. The fourth-order valence-electron chi connectivity index (χ4n) is 3.66. The average Bonchev–Trinajstić information content (AvgIpc) is 2.56. The summed E-state index contributed by atoms with van der Waals surface area (Å²) >= 11 is 0. The molecule has 126 valence electrons. The highest BCUT2D eigenvalue weighted by Crippen LogP contribution is 2.32. The summed E-state index contributed by atoms with van der Waals surface area (Å²) in [7, 11) is 0. The van der Waals surface area contributed by atoms with Gasteiger partial charge in [-0.15, -0.1) is 5.26 Å². The molecule has 1 saturated carbocycles. The summed E-state index contributed by atoms with van der Waals surface area (Å²) in [5.41, 5.74) is 8.14. The van der Waals surface area contributed by atoms with Crippen molar-refractivity contribution in [3.63, 3.8) is 0 Å². The zero-order valence-corrected chi connectivity index (χ0v) is 14.2. The van der Waals surface area contributed by atoms with Crippen molar-refractivity contribution in [2.24, 2.45) is 5.73 Å². The van der Waals surface area contributed by atoms with Crippen LogP contribution in [0, 0.1) is 11.5 Å². The molecule has 23 heavy (non-hydrogen) atoms. The van der Waals surface area contributed by atoms with Gasteiger partial charge in [-0.1, -0.05) is 69.9 Å². The molecule has 0 radical (unpaired) electrons. The van der Waals surface area contributed by atoms with Gasteiger partial charge in [0.2, 0.25) is 0 Å². The normalized spacial score (nSPS) is 18.4. The van der Waals surface area contributed by atoms with Crippen LogP contribution in [0.5, 0.6) is 5.75 Å². The summed E-state index contributed by atoms with van der Waals surface area (Å²) in [6.07, 6.45) is 16.6. The third-order valence-corrected chi connectivity index (χ3v) is 5.04. The fourth-order valence-corrected chi connectivity index (χ4v) is 3.66. The first-order chi connectivity index (χ1) is 11.3. The van der Waals surface area contributed by atoms with Gasteiger partial charge in [-0.2, -0.15) is 0 Å². The van der Waals surface area contributed by atoms with Crippen LogP contribution >= 0.6 is 0 Å². The summed E-state index contributed by atoms with van der Waals surface area (Å²) in [6.45, 7) is 0.414. The predicted octanol–water partition coefficient (Wildman–Crippen LogP) is 5.39. The zero-order valence-electron chi connectivity index (χ0n) is 14.2. The van der Waals surface area contributed by atoms with Gasteiger partial charge in [0.1, 0.15) is 5.75 Å². The highest BCUT2D eigenvalue weighted by atomic mass is 16.5. The second kappa shape index (κ2) is 10.3. The van der Waals surface area contributed by atoms with Crippen LogP contribution in [-0.2, 0) is 6.54 Å². The van der Waals surface area contributed by atoms with Gasteiger partial charge >= 0.3 is 0 Å². The van der Waals surface area contributed by atoms with Gasteiger partial charge in [0, 0.05) is 12.1 Å². The second-order valence-corrected chi connectivity index (χ2v) is 6.72. The van der Waals surface area contributed by atoms with Gasteiger partial charge in [-0.3, -0.25) is 0 Å². The van der Waals surface area contributed by atoms with E-state index in [-0.39, 0.29) is 0 Å². The zero-order chi connectivity index (χ0) is 16.3. The maximum Gasteiger partial charge on any atom is 0.292 e. The van der Waals surface area contributed by atoms with E-state index in [1.54, 1.807) is 6.26 Å². The Morgan fingerprint density at radius 3 is 2.04 bits per heavy atom. The van der Waals surface area contributed by atoms with Crippen LogP contribution in [0.15, 0.2) is 18.2 Å². The molecule has 1 aliphatic carbocycles. The van der Waals surface area contributed by atoms with Crippen LogP contribution < -0.4 is 10.5 Å². The number of hydrogen-bond acceptors (Lipinski definition) is 3. The Balaban J connectivity index is 2.07. The standard InChI is InChI=1S/C20H30N2O/c21-15-19-14-18(12-13-20(19)23-16-22)17-10-8-6-4-2-1-3-5-7-9-11-17/h12-14,17H,1-11,15,21H2. The lowest BCUT2D eigenvalue weighted by molar-refractivity contribution is 0.465. The molecule has 0 atom stereocenters. The van der Waals surface area contributed by atoms with Crippen LogP contribution in [0.25, 0.3) is 0 Å². The van der Waals surface area contributed by atoms with Crippen LogP contribution in [-0.4, -0.2) is 0 Å². The highest BCUT2D eigenvalue weighted by Gasteiger charge is 2.14. The Morgan fingerprint density at radius 1 is 0.957 bits per heavy atom. The van der Waals surface area contributed by atoms with Gasteiger partial charge in [-0.05, 0) is 30.4 Å². The van der Waals surface area contributed by atoms with Crippen LogP contribution in [0.2, 0.25) is 0 Å². The number of nitrogens with zero attached hydrogens (tertiary/aromatic N) is 1. The van der Waals surface area contributed by atoms with E-state index in [9.17, 15) is 0 Å². The molecule has 0 aromatic heterocycles. The Morgan fingerprint density at radius 2 is 1.52 bits per heavy atom. The van der Waals surface area contributed by atoms with E-state index in [1.807, 2.05) is 6.07 Å². The first kappa shape index (κ1) is 17.8. The van der Waals surface area contributed by atoms with Crippen molar-refractivity contribution in [3.05, 3.63) is 29.3 Å². The van der Waals surface area contributed by atoms with Gasteiger partial charge in [0.05, 0.1) is 0 Å². The summed E-state index contributed by atoms with van der Waals surface area (Å²) < 4.78 is 5.01. The lowest BCUT2D eigenvalue weighted by Gasteiger charge is -2.19. The minimum absolute atomic E-state index is 0.414. The molecule has 3 nitrogen and oxygen atoms in total. The number of nitriles is 1. The van der Waals surface area contributed by atoms with Crippen LogP contribution in [0.3, 0.4) is 0 Å². The molecule has 0 spiro atoms. The molecule has 0 amide bonds. The minimum Gasteiger partial charge on any atom is -0.388 e. The molecule has 2 N–H and O–H groups in total. The molecule has 1 aromatic rings. The van der Waals surface area contributed by atoms with E-state index in [4.69, 9.17) is 15.7 Å². The Labute approximate surface area is 140 Å². The number of rotatable bonds is 3. The van der Waals surface area contributed by atoms with Gasteiger partial charge in [0.15, 0.2) is 0 Å². The first-order valence-electron chi connectivity index (χ1n) is 9.24. The van der Waals surface area contributed by atoms with Crippen molar-refractivity contribution in [2.45, 2.75) is 83.1 Å². The monoisotopic (exact) mass is 314 g/mol. The van der Waals surface area contributed by atoms with Crippen molar-refractivity contribution in [2.75, 3.05) is 0 Å². The Hall–Kier alpha value is -1.53. The van der Waals surface area contributed by atoms with Crippen molar-refractivity contribution in [1.82, 2.24) is 0 Å². The molecule has 1 aromatic carbocycles. The molecule has 0 unspecified atom stereocenters. The van der Waals surface area contributed by atoms with Gasteiger partial charge < -0.3 is 10.5 Å². The van der Waals surface area contributed by atoms with E-state index in [1.165, 1.54) is 76.2 Å². The van der Waals surface area contributed by atoms with Crippen molar-refractivity contribution >= 4 is 0 Å². The third kappa shape index (κ3) is 5.88. The quantitative estimate of drug-likeness (QED) is 0.760. The van der Waals surface area contributed by atoms with E-state index in [0.29, 0.717) is 18.2 Å². The fraction of sp³-hybridized carbons (Fsp3) is 0.650. The number of hydrogen-bond donors (Lipinski definition) is 1. The molecule has 0 saturated heterocycles. The van der Waals surface area contributed by atoms with Crippen molar-refractivity contribution < 1.29 is 4.74 Å². The van der Waals surface area contributed by atoms with Crippen LogP contribution in [0.4, 0.5) is 0 Å². The summed E-state index contributed by atoms with van der Waals surface area (Å²) in [5, 5.41) is 8.72. The number of nitrogens with two attached hydrogens (primary N) is 1. The maximum absolute atomic E-state index is 8.72. The van der Waals surface area contributed by atoms with E-state index >= 15 is 0 Å². The second-order valence-electron chi connectivity index (χ2n) is 6.72. The molecule has 1 aliphatic rings. The average molecular weight is 314 g/mol. The van der Waals surface area contributed by atoms with Crippen molar-refractivity contribution in [1.29, 1.82) is 5.26 Å². The SMILES string of the molecule is N#COc1ccc(C2CCCCCCCCCCC2)cc1CN. The lowest BCUT2D eigenvalue weighted by atomic mass is 9.86. The summed E-state index contributed by atoms with van der Waals surface area (Å²) in [4.78, 5) is 0. The maximum atomic E-state index is 8.72. The molecule has 0 heterocycles. The largest absolute Gasteiger partial charge is 0.388 e. The third-order valence-electron chi connectivity index (χ3n) is 5.04. The molecular formula is C20H30N2O. The van der Waals surface area contributed by atoms with E-state index < -0.39 is 0 Å². The van der Waals surface area contributed by atoms with E-state index in [0.717, 1.165) is 5.56 Å². The molecular weight excluding hydrogens is 284 g/mol. The smallest absolute Gasteiger partial charge is 0.292 e. The molecule has 3 heteroatoms. The topological polar surface area (TPSA) is 59.0 Å². The molecule has 1 fully saturated rings. The summed E-state index contributed by atoms with van der Waals surface area (Å²) in [5.74, 6) is 1.22. The summed E-state index contributed by atoms with van der Waals surface area (Å²) in [6, 6.07) is 6.20. The Kier molecular flexibility index (Phi) is 7.97. The predicted molar refractivity (Wildman–Crippen MR) is 94.1 cm³/mol. The van der Waals surface area contributed by atoms with E-state index in [2.05, 4.69) is 12.1 Å². The molecule has 0 aliphatic heterocycles. The molecule has 0 bridgehead atoms. The lowest BCUT2D eigenvalue weighted by Crippen LogP contribution is -2.05. The van der Waals surface area contributed by atoms with Gasteiger partial charge in [0.25, 0.3) is 6.26 Å². The number of benzene rings is 1. The van der Waals surface area contributed by atoms with Gasteiger partial charge in [-0.25, -0.2) is 0 Å². The van der Waals surface area contributed by atoms with Crippen molar-refractivity contribution in [3.8, 4) is 12.0 Å². The number of ether oxygens (including phenoxy) is 1. The first-order valence-corrected chi connectivity index (χ1v) is 9.24. The van der Waals surface area contributed by atoms with Crippen LogP contribution in [0.1, 0.15) is 87.7 Å². The molecule has 2 rings (SSSR count).